The number of carboxylic acids is 1. The summed E-state index contributed by atoms with van der Waals surface area (Å²) in [6.07, 6.45) is -0.702. The van der Waals surface area contributed by atoms with Crippen molar-refractivity contribution in [2.45, 2.75) is 26.4 Å². The molecule has 1 amide bonds. The fraction of sp³-hybridized carbons (Fsp3) is 0.455. The van der Waals surface area contributed by atoms with Crippen molar-refractivity contribution in [1.29, 1.82) is 0 Å². The lowest BCUT2D eigenvalue weighted by Gasteiger charge is -2.06. The second-order valence-corrected chi connectivity index (χ2v) is 4.77. The molecule has 0 aliphatic heterocycles. The van der Waals surface area contributed by atoms with Crippen LogP contribution in [0.5, 0.6) is 0 Å². The van der Waals surface area contributed by atoms with Crippen molar-refractivity contribution in [1.82, 2.24) is 5.32 Å². The third-order valence-electron chi connectivity index (χ3n) is 2.31. The minimum atomic E-state index is -1.56. The highest BCUT2D eigenvalue weighted by Gasteiger charge is 2.16. The van der Waals surface area contributed by atoms with Crippen molar-refractivity contribution < 1.29 is 19.8 Å². The second kappa shape index (κ2) is 5.79. The molecule has 0 aromatic carbocycles. The van der Waals surface area contributed by atoms with E-state index in [9.17, 15) is 9.59 Å². The van der Waals surface area contributed by atoms with Crippen LogP contribution in [-0.2, 0) is 11.2 Å². The molecule has 1 aromatic heterocycles. The summed E-state index contributed by atoms with van der Waals surface area (Å²) in [4.78, 5) is 23.7. The lowest BCUT2D eigenvalue weighted by atomic mass is 10.2. The highest BCUT2D eigenvalue weighted by Crippen LogP contribution is 2.22. The van der Waals surface area contributed by atoms with E-state index < -0.39 is 12.1 Å². The van der Waals surface area contributed by atoms with Crippen molar-refractivity contribution in [3.8, 4) is 0 Å². The van der Waals surface area contributed by atoms with E-state index in [1.54, 1.807) is 6.07 Å². The molecular weight excluding hydrogens is 242 g/mol. The van der Waals surface area contributed by atoms with E-state index in [1.807, 2.05) is 13.8 Å². The van der Waals surface area contributed by atoms with E-state index in [1.165, 1.54) is 11.3 Å². The summed E-state index contributed by atoms with van der Waals surface area (Å²) in [6.45, 7) is 3.65. The maximum Gasteiger partial charge on any atom is 0.334 e. The summed E-state index contributed by atoms with van der Waals surface area (Å²) in [5.74, 6) is -1.69. The van der Waals surface area contributed by atoms with Gasteiger partial charge in [0.15, 0.2) is 6.10 Å². The first-order valence-electron chi connectivity index (χ1n) is 5.24. The van der Waals surface area contributed by atoms with Gasteiger partial charge < -0.3 is 15.5 Å². The van der Waals surface area contributed by atoms with Gasteiger partial charge in [0.05, 0.1) is 11.4 Å². The van der Waals surface area contributed by atoms with Gasteiger partial charge in [-0.3, -0.25) is 4.79 Å². The van der Waals surface area contributed by atoms with Crippen molar-refractivity contribution in [2.75, 3.05) is 6.54 Å². The first-order chi connectivity index (χ1) is 7.95. The molecule has 0 radical (unpaired) electrons. The fourth-order valence-corrected chi connectivity index (χ4v) is 2.38. The Morgan fingerprint density at radius 1 is 1.53 bits per heavy atom. The third-order valence-corrected chi connectivity index (χ3v) is 3.69. The number of thiophene rings is 1. The number of nitrogens with one attached hydrogen (secondary N) is 1. The Balaban J connectivity index is 2.61. The number of rotatable bonds is 5. The Morgan fingerprint density at radius 2 is 2.18 bits per heavy atom. The largest absolute Gasteiger partial charge is 0.479 e. The van der Waals surface area contributed by atoms with Crippen LogP contribution in [0.1, 0.15) is 27.0 Å². The highest BCUT2D eigenvalue weighted by atomic mass is 32.1. The maximum atomic E-state index is 11.6. The molecule has 1 aromatic rings. The molecule has 0 bridgehead atoms. The number of carbonyl (C=O) groups excluding carboxylic acids is 1. The lowest BCUT2D eigenvalue weighted by molar-refractivity contribution is -0.146. The molecule has 1 unspecified atom stereocenters. The fourth-order valence-electron chi connectivity index (χ4n) is 1.35. The molecule has 6 heteroatoms. The maximum absolute atomic E-state index is 11.6. The van der Waals surface area contributed by atoms with Gasteiger partial charge in [-0.1, -0.05) is 6.92 Å². The van der Waals surface area contributed by atoms with Crippen LogP contribution in [0.3, 0.4) is 0 Å². The van der Waals surface area contributed by atoms with Crippen molar-refractivity contribution in [3.63, 3.8) is 0 Å². The highest BCUT2D eigenvalue weighted by molar-refractivity contribution is 7.14. The number of hydrogen-bond donors (Lipinski definition) is 3. The number of aliphatic hydroxyl groups is 1. The Labute approximate surface area is 103 Å². The number of hydrogen-bond acceptors (Lipinski definition) is 4. The van der Waals surface area contributed by atoms with Gasteiger partial charge in [-0.25, -0.2) is 4.79 Å². The van der Waals surface area contributed by atoms with Crippen LogP contribution in [0.4, 0.5) is 0 Å². The Morgan fingerprint density at radius 3 is 2.65 bits per heavy atom. The van der Waals surface area contributed by atoms with Crippen LogP contribution >= 0.6 is 11.3 Å². The molecule has 5 nitrogen and oxygen atoms in total. The molecule has 0 aliphatic rings. The summed E-state index contributed by atoms with van der Waals surface area (Å²) in [7, 11) is 0. The summed E-state index contributed by atoms with van der Waals surface area (Å²) in [5.41, 5.74) is 1.06. The standard InChI is InChI=1S/C11H15NO4S/c1-3-8-6(2)4-9(17-8)10(14)12-5-7(13)11(15)16/h4,7,13H,3,5H2,1-2H3,(H,12,14)(H,15,16). The van der Waals surface area contributed by atoms with Gasteiger partial charge in [0.1, 0.15) is 0 Å². The smallest absolute Gasteiger partial charge is 0.334 e. The SMILES string of the molecule is CCc1sc(C(=O)NCC(O)C(=O)O)cc1C. The van der Waals surface area contributed by atoms with Crippen molar-refractivity contribution in [3.05, 3.63) is 21.4 Å². The van der Waals surface area contributed by atoms with Crippen molar-refractivity contribution >= 4 is 23.2 Å². The van der Waals surface area contributed by atoms with Gasteiger partial charge in [0.25, 0.3) is 5.91 Å². The Kier molecular flexibility index (Phi) is 4.65. The van der Waals surface area contributed by atoms with Crippen molar-refractivity contribution in [2.24, 2.45) is 0 Å². The van der Waals surface area contributed by atoms with Gasteiger partial charge >= 0.3 is 5.97 Å². The molecule has 1 heterocycles. The van der Waals surface area contributed by atoms with Gasteiger partial charge in [-0.2, -0.15) is 0 Å². The zero-order valence-corrected chi connectivity index (χ0v) is 10.5. The van der Waals surface area contributed by atoms with Crippen LogP contribution in [0, 0.1) is 6.92 Å². The van der Waals surface area contributed by atoms with Gasteiger partial charge in [0, 0.05) is 4.88 Å². The van der Waals surface area contributed by atoms with E-state index in [-0.39, 0.29) is 12.5 Å². The summed E-state index contributed by atoms with van der Waals surface area (Å²) in [5, 5.41) is 19.9. The van der Waals surface area contributed by atoms with Crippen LogP contribution in [0.25, 0.3) is 0 Å². The minimum absolute atomic E-state index is 0.285. The van der Waals surface area contributed by atoms with E-state index >= 15 is 0 Å². The first kappa shape index (κ1) is 13.7. The summed E-state index contributed by atoms with van der Waals surface area (Å²) in [6, 6.07) is 1.77. The second-order valence-electron chi connectivity index (χ2n) is 3.63. The molecule has 1 rings (SSSR count). The van der Waals surface area contributed by atoms with E-state index in [0.29, 0.717) is 4.88 Å². The van der Waals surface area contributed by atoms with E-state index in [0.717, 1.165) is 16.9 Å². The quantitative estimate of drug-likeness (QED) is 0.728. The molecule has 0 fully saturated rings. The predicted octanol–water partition coefficient (Wildman–Crippen LogP) is 0.794. The Bertz CT molecular complexity index is 427. The zero-order valence-electron chi connectivity index (χ0n) is 9.69. The average Bonchev–Trinajstić information content (AvgIpc) is 2.66. The average molecular weight is 257 g/mol. The molecule has 0 saturated heterocycles. The topological polar surface area (TPSA) is 86.6 Å². The molecule has 1 atom stereocenters. The number of aliphatic hydroxyl groups excluding tert-OH is 1. The van der Waals surface area contributed by atoms with Crippen LogP contribution < -0.4 is 5.32 Å². The molecule has 94 valence electrons. The third kappa shape index (κ3) is 3.54. The first-order valence-corrected chi connectivity index (χ1v) is 6.05. The minimum Gasteiger partial charge on any atom is -0.479 e. The number of carboxylic acid groups (broad SMARTS) is 1. The summed E-state index contributed by atoms with van der Waals surface area (Å²) < 4.78 is 0. The predicted molar refractivity (Wildman–Crippen MR) is 64.4 cm³/mol. The molecular formula is C11H15NO4S. The normalized spacial score (nSPS) is 12.2. The molecule has 3 N–H and O–H groups in total. The Hall–Kier alpha value is -1.40. The van der Waals surface area contributed by atoms with Crippen LogP contribution in [0.2, 0.25) is 0 Å². The van der Waals surface area contributed by atoms with Gasteiger partial charge in [-0.05, 0) is 25.0 Å². The van der Waals surface area contributed by atoms with E-state index in [2.05, 4.69) is 5.32 Å². The molecule has 0 saturated carbocycles. The molecule has 0 spiro atoms. The van der Waals surface area contributed by atoms with Crippen LogP contribution in [-0.4, -0.2) is 34.7 Å². The number of aryl methyl sites for hydroxylation is 2. The van der Waals surface area contributed by atoms with Gasteiger partial charge in [-0.15, -0.1) is 11.3 Å². The monoisotopic (exact) mass is 257 g/mol. The lowest BCUT2D eigenvalue weighted by Crippen LogP contribution is -2.36. The number of carbonyl (C=O) groups is 2. The number of aliphatic carboxylic acids is 1. The summed E-state index contributed by atoms with van der Waals surface area (Å²) >= 11 is 1.39. The van der Waals surface area contributed by atoms with Gasteiger partial charge in [0.2, 0.25) is 0 Å². The molecule has 0 aliphatic carbocycles. The zero-order chi connectivity index (χ0) is 13.0. The molecule has 17 heavy (non-hydrogen) atoms. The number of amides is 1. The van der Waals surface area contributed by atoms with E-state index in [4.69, 9.17) is 10.2 Å². The van der Waals surface area contributed by atoms with Crippen LogP contribution in [0.15, 0.2) is 6.07 Å².